The van der Waals surface area contributed by atoms with Gasteiger partial charge in [0.25, 0.3) is 0 Å². The Hall–Kier alpha value is -4.00. The van der Waals surface area contributed by atoms with Crippen LogP contribution in [0, 0.1) is 0 Å². The molecule has 0 saturated carbocycles. The van der Waals surface area contributed by atoms with E-state index in [0.29, 0.717) is 39.3 Å². The van der Waals surface area contributed by atoms with Crippen LogP contribution < -0.4 is 10.7 Å². The van der Waals surface area contributed by atoms with E-state index in [4.69, 9.17) is 4.42 Å². The molecule has 2 aromatic carbocycles. The van der Waals surface area contributed by atoms with Gasteiger partial charge >= 0.3 is 0 Å². The van der Waals surface area contributed by atoms with Gasteiger partial charge in [0.15, 0.2) is 16.9 Å². The summed E-state index contributed by atoms with van der Waals surface area (Å²) < 4.78 is 6.13. The monoisotopic (exact) mass is 369 g/mol. The van der Waals surface area contributed by atoms with Crippen molar-refractivity contribution in [3.63, 3.8) is 0 Å². The molecule has 0 bridgehead atoms. The van der Waals surface area contributed by atoms with E-state index >= 15 is 0 Å². The lowest BCUT2D eigenvalue weighted by Crippen LogP contribution is -2.15. The smallest absolute Gasteiger partial charge is 0.198 e. The van der Waals surface area contributed by atoms with Crippen molar-refractivity contribution in [3.8, 4) is 11.3 Å². The Balaban J connectivity index is 1.64. The molecule has 136 valence electrons. The van der Waals surface area contributed by atoms with E-state index in [1.165, 1.54) is 6.33 Å². The van der Waals surface area contributed by atoms with Crippen molar-refractivity contribution in [3.05, 3.63) is 83.0 Å². The van der Waals surface area contributed by atoms with Gasteiger partial charge < -0.3 is 14.7 Å². The van der Waals surface area contributed by atoms with Gasteiger partial charge in [0.2, 0.25) is 0 Å². The summed E-state index contributed by atoms with van der Waals surface area (Å²) in [6.07, 6.45) is 3.00. The molecular formula is C21H15N5O2. The minimum atomic E-state index is -0.0666. The maximum atomic E-state index is 13.2. The number of nitrogens with one attached hydrogen (secondary N) is 2. The van der Waals surface area contributed by atoms with E-state index in [1.807, 2.05) is 42.5 Å². The number of aromatic amines is 1. The summed E-state index contributed by atoms with van der Waals surface area (Å²) >= 11 is 0. The molecule has 0 aliphatic rings. The minimum absolute atomic E-state index is 0.0666. The van der Waals surface area contributed by atoms with Gasteiger partial charge in [0, 0.05) is 12.1 Å². The van der Waals surface area contributed by atoms with Crippen molar-refractivity contribution in [2.75, 3.05) is 5.32 Å². The summed E-state index contributed by atoms with van der Waals surface area (Å²) in [6.45, 7) is 0.253. The van der Waals surface area contributed by atoms with Crippen LogP contribution in [-0.2, 0) is 6.54 Å². The summed E-state index contributed by atoms with van der Waals surface area (Å²) in [5, 5.41) is 3.77. The minimum Gasteiger partial charge on any atom is -0.455 e. The molecule has 0 unspecified atom stereocenters. The first-order valence-electron chi connectivity index (χ1n) is 8.79. The number of fused-ring (bicyclic) bond motifs is 2. The third kappa shape index (κ3) is 2.69. The summed E-state index contributed by atoms with van der Waals surface area (Å²) in [6, 6.07) is 16.9. The number of imidazole rings is 1. The first-order valence-corrected chi connectivity index (χ1v) is 8.79. The quantitative estimate of drug-likeness (QED) is 0.501. The fourth-order valence-corrected chi connectivity index (χ4v) is 3.23. The largest absolute Gasteiger partial charge is 0.455 e. The highest BCUT2D eigenvalue weighted by molar-refractivity contribution is 5.83. The molecule has 0 aliphatic heterocycles. The third-order valence-electron chi connectivity index (χ3n) is 4.58. The highest BCUT2D eigenvalue weighted by atomic mass is 16.3. The van der Waals surface area contributed by atoms with Gasteiger partial charge in [0.1, 0.15) is 23.2 Å². The van der Waals surface area contributed by atoms with E-state index in [-0.39, 0.29) is 12.0 Å². The fourth-order valence-electron chi connectivity index (χ4n) is 3.23. The van der Waals surface area contributed by atoms with Crippen LogP contribution in [0.4, 0.5) is 5.82 Å². The number of hydrogen-bond acceptors (Lipinski definition) is 6. The van der Waals surface area contributed by atoms with Crippen LogP contribution in [0.3, 0.4) is 0 Å². The van der Waals surface area contributed by atoms with E-state index in [1.54, 1.807) is 18.5 Å². The van der Waals surface area contributed by atoms with E-state index in [0.717, 1.165) is 5.56 Å². The number of aromatic nitrogens is 4. The molecule has 7 nitrogen and oxygen atoms in total. The molecule has 2 N–H and O–H groups in total. The normalized spacial score (nSPS) is 11.1. The van der Waals surface area contributed by atoms with Crippen molar-refractivity contribution >= 4 is 28.0 Å². The zero-order valence-electron chi connectivity index (χ0n) is 14.7. The van der Waals surface area contributed by atoms with Crippen molar-refractivity contribution in [1.82, 2.24) is 19.9 Å². The molecule has 3 heterocycles. The molecule has 3 aromatic heterocycles. The summed E-state index contributed by atoms with van der Waals surface area (Å²) in [7, 11) is 0. The summed E-state index contributed by atoms with van der Waals surface area (Å²) in [4.78, 5) is 28.7. The van der Waals surface area contributed by atoms with Crippen molar-refractivity contribution in [2.24, 2.45) is 0 Å². The molecule has 7 heteroatoms. The molecule has 5 rings (SSSR count). The Kier molecular flexibility index (Phi) is 3.83. The molecule has 28 heavy (non-hydrogen) atoms. The van der Waals surface area contributed by atoms with E-state index in [2.05, 4.69) is 25.3 Å². The fraction of sp³-hybridized carbons (Fsp3) is 0.0476. The van der Waals surface area contributed by atoms with Gasteiger partial charge in [0.05, 0.1) is 17.3 Å². The standard InChI is InChI=1S/C21H15N5O2/c27-18-14-8-4-5-9-16(14)28-19(13-6-2-1-3-7-13)15(18)10-22-20-17-21(24-11-23-17)26-12-25-20/h1-9,11-12H,10H2,(H2,22,23,24,25,26). The summed E-state index contributed by atoms with van der Waals surface area (Å²) in [5.41, 5.74) is 3.13. The lowest BCUT2D eigenvalue weighted by molar-refractivity contribution is 0.611. The second kappa shape index (κ2) is 6.62. The van der Waals surface area contributed by atoms with Crippen molar-refractivity contribution in [1.29, 1.82) is 0 Å². The Labute approximate surface area is 159 Å². The third-order valence-corrected chi connectivity index (χ3v) is 4.58. The molecule has 0 amide bonds. The molecule has 0 fully saturated rings. The van der Waals surface area contributed by atoms with Crippen LogP contribution in [0.25, 0.3) is 33.5 Å². The molecule has 0 aliphatic carbocycles. The Bertz CT molecular complexity index is 1340. The number of hydrogen-bond donors (Lipinski definition) is 2. The van der Waals surface area contributed by atoms with Gasteiger partial charge in [-0.3, -0.25) is 4.79 Å². The van der Waals surface area contributed by atoms with Crippen LogP contribution in [0.2, 0.25) is 0 Å². The van der Waals surface area contributed by atoms with Gasteiger partial charge in [-0.15, -0.1) is 0 Å². The van der Waals surface area contributed by atoms with Gasteiger partial charge in [-0.05, 0) is 12.1 Å². The summed E-state index contributed by atoms with van der Waals surface area (Å²) in [5.74, 6) is 1.13. The Morgan fingerprint density at radius 1 is 0.964 bits per heavy atom. The SMILES string of the molecule is O=c1c(CNc2ncnc3nc[nH]c23)c(-c2ccccc2)oc2ccccc12. The average Bonchev–Trinajstić information content (AvgIpc) is 3.23. The molecule has 0 spiro atoms. The first-order chi connectivity index (χ1) is 13.8. The lowest BCUT2D eigenvalue weighted by atomic mass is 10.0. The second-order valence-corrected chi connectivity index (χ2v) is 6.28. The zero-order chi connectivity index (χ0) is 18.9. The average molecular weight is 369 g/mol. The number of H-pyrrole nitrogens is 1. The molecule has 0 atom stereocenters. The second-order valence-electron chi connectivity index (χ2n) is 6.28. The van der Waals surface area contributed by atoms with E-state index < -0.39 is 0 Å². The first kappa shape index (κ1) is 16.2. The molecule has 5 aromatic rings. The van der Waals surface area contributed by atoms with Gasteiger partial charge in [-0.25, -0.2) is 15.0 Å². The van der Waals surface area contributed by atoms with Crippen LogP contribution >= 0.6 is 0 Å². The predicted octanol–water partition coefficient (Wildman–Crippen LogP) is 3.74. The number of anilines is 1. The van der Waals surface area contributed by atoms with E-state index in [9.17, 15) is 4.79 Å². The van der Waals surface area contributed by atoms with Crippen LogP contribution in [0.5, 0.6) is 0 Å². The number of benzene rings is 2. The van der Waals surface area contributed by atoms with Crippen LogP contribution in [-0.4, -0.2) is 19.9 Å². The molecule has 0 radical (unpaired) electrons. The maximum absolute atomic E-state index is 13.2. The lowest BCUT2D eigenvalue weighted by Gasteiger charge is -2.11. The van der Waals surface area contributed by atoms with Gasteiger partial charge in [-0.1, -0.05) is 42.5 Å². The predicted molar refractivity (Wildman–Crippen MR) is 107 cm³/mol. The maximum Gasteiger partial charge on any atom is 0.198 e. The zero-order valence-corrected chi connectivity index (χ0v) is 14.7. The number of para-hydroxylation sites is 1. The Morgan fingerprint density at radius 2 is 1.79 bits per heavy atom. The highest BCUT2D eigenvalue weighted by Crippen LogP contribution is 2.26. The highest BCUT2D eigenvalue weighted by Gasteiger charge is 2.16. The van der Waals surface area contributed by atoms with Gasteiger partial charge in [-0.2, -0.15) is 0 Å². The molecular weight excluding hydrogens is 354 g/mol. The van der Waals surface area contributed by atoms with Crippen LogP contribution in [0.15, 0.2) is 76.5 Å². The van der Waals surface area contributed by atoms with Crippen molar-refractivity contribution in [2.45, 2.75) is 6.54 Å². The number of rotatable bonds is 4. The number of nitrogens with zero attached hydrogens (tertiary/aromatic N) is 3. The molecule has 0 saturated heterocycles. The Morgan fingerprint density at radius 3 is 2.68 bits per heavy atom. The van der Waals surface area contributed by atoms with Crippen LogP contribution in [0.1, 0.15) is 5.56 Å². The topological polar surface area (TPSA) is 96.7 Å². The van der Waals surface area contributed by atoms with Crippen molar-refractivity contribution < 1.29 is 4.42 Å².